The Morgan fingerprint density at radius 1 is 1.37 bits per heavy atom. The van der Waals surface area contributed by atoms with Gasteiger partial charge in [0.05, 0.1) is 15.9 Å². The van der Waals surface area contributed by atoms with E-state index < -0.39 is 0 Å². The van der Waals surface area contributed by atoms with E-state index in [0.717, 1.165) is 24.1 Å². The summed E-state index contributed by atoms with van der Waals surface area (Å²) in [6.07, 6.45) is 3.91. The zero-order valence-electron chi connectivity index (χ0n) is 12.5. The Kier molecular flexibility index (Phi) is 5.07. The molecule has 0 aliphatic heterocycles. The summed E-state index contributed by atoms with van der Waals surface area (Å²) in [5.74, 6) is 1.67. The Morgan fingerprint density at radius 2 is 2.05 bits per heavy atom. The van der Waals surface area contributed by atoms with Gasteiger partial charge in [-0.15, -0.1) is 0 Å². The molecule has 2 rings (SSSR count). The van der Waals surface area contributed by atoms with E-state index in [1.165, 1.54) is 36.0 Å². The number of rotatable bonds is 6. The molecule has 0 spiro atoms. The molecule has 1 N–H and O–H groups in total. The Morgan fingerprint density at radius 3 is 2.58 bits per heavy atom. The van der Waals surface area contributed by atoms with Crippen molar-refractivity contribution in [3.05, 3.63) is 15.9 Å². The van der Waals surface area contributed by atoms with Gasteiger partial charge in [-0.05, 0) is 67.4 Å². The highest BCUT2D eigenvalue weighted by Crippen LogP contribution is 2.38. The highest BCUT2D eigenvalue weighted by Gasteiger charge is 2.32. The minimum absolute atomic E-state index is 0.594. The van der Waals surface area contributed by atoms with Crippen LogP contribution in [0.1, 0.15) is 45.0 Å². The van der Waals surface area contributed by atoms with Crippen LogP contribution in [0.2, 0.25) is 0 Å². The Balaban J connectivity index is 1.98. The lowest BCUT2D eigenvalue weighted by atomic mass is 9.71. The molecule has 108 valence electrons. The molecular formula is C15H26BrN3. The van der Waals surface area contributed by atoms with Crippen molar-refractivity contribution in [2.75, 3.05) is 6.54 Å². The van der Waals surface area contributed by atoms with Crippen LogP contribution in [0.5, 0.6) is 0 Å². The fraction of sp³-hybridized carbons (Fsp3) is 0.800. The van der Waals surface area contributed by atoms with Crippen molar-refractivity contribution in [3.63, 3.8) is 0 Å². The van der Waals surface area contributed by atoms with Gasteiger partial charge in [-0.25, -0.2) is 0 Å². The van der Waals surface area contributed by atoms with Crippen molar-refractivity contribution < 1.29 is 0 Å². The first-order valence-electron chi connectivity index (χ1n) is 7.48. The smallest absolute Gasteiger partial charge is 0.0738 e. The van der Waals surface area contributed by atoms with Crippen LogP contribution < -0.4 is 5.32 Å². The first-order chi connectivity index (χ1) is 9.02. The second-order valence-corrected chi connectivity index (χ2v) is 6.82. The third-order valence-electron chi connectivity index (χ3n) is 4.27. The normalized spacial score (nSPS) is 22.8. The van der Waals surface area contributed by atoms with Crippen LogP contribution >= 0.6 is 15.9 Å². The van der Waals surface area contributed by atoms with Gasteiger partial charge >= 0.3 is 0 Å². The maximum absolute atomic E-state index is 4.59. The van der Waals surface area contributed by atoms with E-state index in [1.807, 2.05) is 0 Å². The molecule has 1 aliphatic rings. The summed E-state index contributed by atoms with van der Waals surface area (Å²) in [5, 5.41) is 8.17. The molecule has 4 heteroatoms. The second-order valence-electron chi connectivity index (χ2n) is 6.03. The molecule has 19 heavy (non-hydrogen) atoms. The number of hydrogen-bond acceptors (Lipinski definition) is 2. The van der Waals surface area contributed by atoms with E-state index in [2.05, 4.69) is 58.7 Å². The fourth-order valence-electron chi connectivity index (χ4n) is 2.87. The molecule has 1 aromatic heterocycles. The molecule has 1 saturated carbocycles. The molecule has 0 bridgehead atoms. The van der Waals surface area contributed by atoms with E-state index in [9.17, 15) is 0 Å². The summed E-state index contributed by atoms with van der Waals surface area (Å²) >= 11 is 3.71. The van der Waals surface area contributed by atoms with Crippen molar-refractivity contribution in [1.29, 1.82) is 0 Å². The summed E-state index contributed by atoms with van der Waals surface area (Å²) < 4.78 is 3.38. The van der Waals surface area contributed by atoms with Gasteiger partial charge < -0.3 is 5.32 Å². The van der Waals surface area contributed by atoms with Crippen molar-refractivity contribution in [1.82, 2.24) is 15.1 Å². The monoisotopic (exact) mass is 327 g/mol. The fourth-order valence-corrected chi connectivity index (χ4v) is 3.32. The molecule has 0 amide bonds. The lowest BCUT2D eigenvalue weighted by Crippen LogP contribution is -2.39. The van der Waals surface area contributed by atoms with Crippen molar-refractivity contribution in [2.45, 2.75) is 59.5 Å². The number of aromatic nitrogens is 2. The van der Waals surface area contributed by atoms with Crippen molar-refractivity contribution in [3.8, 4) is 0 Å². The van der Waals surface area contributed by atoms with E-state index in [1.54, 1.807) is 0 Å². The maximum atomic E-state index is 4.59. The predicted molar refractivity (Wildman–Crippen MR) is 83.4 cm³/mol. The topological polar surface area (TPSA) is 29.9 Å². The minimum atomic E-state index is 0.594. The number of nitrogens with zero attached hydrogens (tertiary/aromatic N) is 2. The molecule has 1 aromatic rings. The molecule has 2 atom stereocenters. The number of halogens is 1. The SMILES string of the molecule is CCn1nc(C)c(Br)c1CC1CCC1CNC(C)C. The molecule has 0 radical (unpaired) electrons. The Labute approximate surface area is 125 Å². The third kappa shape index (κ3) is 3.40. The predicted octanol–water partition coefficient (Wildman–Crippen LogP) is 3.54. The summed E-state index contributed by atoms with van der Waals surface area (Å²) in [5.41, 5.74) is 2.51. The molecular weight excluding hydrogens is 302 g/mol. The van der Waals surface area contributed by atoms with Gasteiger partial charge in [0.2, 0.25) is 0 Å². The minimum Gasteiger partial charge on any atom is -0.314 e. The van der Waals surface area contributed by atoms with Gasteiger partial charge in [-0.3, -0.25) is 4.68 Å². The van der Waals surface area contributed by atoms with Gasteiger partial charge in [0, 0.05) is 12.6 Å². The summed E-state index contributed by atoms with van der Waals surface area (Å²) in [6.45, 7) is 10.8. The number of hydrogen-bond donors (Lipinski definition) is 1. The maximum Gasteiger partial charge on any atom is 0.0738 e. The molecule has 3 nitrogen and oxygen atoms in total. The van der Waals surface area contributed by atoms with Gasteiger partial charge in [-0.1, -0.05) is 13.8 Å². The van der Waals surface area contributed by atoms with Gasteiger partial charge in [-0.2, -0.15) is 5.10 Å². The number of aryl methyl sites for hydroxylation is 2. The van der Waals surface area contributed by atoms with Gasteiger partial charge in [0.15, 0.2) is 0 Å². The average molecular weight is 328 g/mol. The van der Waals surface area contributed by atoms with Gasteiger partial charge in [0.25, 0.3) is 0 Å². The van der Waals surface area contributed by atoms with Crippen LogP contribution in [0, 0.1) is 18.8 Å². The largest absolute Gasteiger partial charge is 0.314 e. The van der Waals surface area contributed by atoms with E-state index in [0.29, 0.717) is 6.04 Å². The summed E-state index contributed by atoms with van der Waals surface area (Å²) in [7, 11) is 0. The highest BCUT2D eigenvalue weighted by atomic mass is 79.9. The molecule has 2 unspecified atom stereocenters. The van der Waals surface area contributed by atoms with Crippen LogP contribution in [-0.2, 0) is 13.0 Å². The molecule has 1 aliphatic carbocycles. The van der Waals surface area contributed by atoms with Gasteiger partial charge in [0.1, 0.15) is 0 Å². The summed E-state index contributed by atoms with van der Waals surface area (Å²) in [4.78, 5) is 0. The van der Waals surface area contributed by atoms with Crippen LogP contribution in [-0.4, -0.2) is 22.4 Å². The van der Waals surface area contributed by atoms with E-state index >= 15 is 0 Å². The summed E-state index contributed by atoms with van der Waals surface area (Å²) in [6, 6.07) is 0.594. The van der Waals surface area contributed by atoms with Crippen LogP contribution in [0.3, 0.4) is 0 Å². The first-order valence-corrected chi connectivity index (χ1v) is 8.27. The molecule has 1 fully saturated rings. The number of nitrogens with one attached hydrogen (secondary N) is 1. The van der Waals surface area contributed by atoms with Crippen LogP contribution in [0.25, 0.3) is 0 Å². The lowest BCUT2D eigenvalue weighted by Gasteiger charge is -2.37. The Bertz CT molecular complexity index is 425. The third-order valence-corrected chi connectivity index (χ3v) is 5.30. The van der Waals surface area contributed by atoms with Crippen molar-refractivity contribution in [2.24, 2.45) is 11.8 Å². The second kappa shape index (κ2) is 6.40. The van der Waals surface area contributed by atoms with E-state index in [-0.39, 0.29) is 0 Å². The standard InChI is InChI=1S/C15H26BrN3/c1-5-19-14(15(16)11(4)18-19)8-12-6-7-13(12)9-17-10(2)3/h10,12-13,17H,5-9H2,1-4H3. The van der Waals surface area contributed by atoms with Crippen LogP contribution in [0.15, 0.2) is 4.47 Å². The Hall–Kier alpha value is -0.350. The van der Waals surface area contributed by atoms with Crippen LogP contribution in [0.4, 0.5) is 0 Å². The molecule has 0 saturated heterocycles. The zero-order valence-corrected chi connectivity index (χ0v) is 14.1. The first kappa shape index (κ1) is 15.0. The average Bonchev–Trinajstić information content (AvgIpc) is 2.61. The molecule has 0 aromatic carbocycles. The molecule has 1 heterocycles. The highest BCUT2D eigenvalue weighted by molar-refractivity contribution is 9.10. The van der Waals surface area contributed by atoms with Crippen molar-refractivity contribution >= 4 is 15.9 Å². The zero-order chi connectivity index (χ0) is 14.0. The van der Waals surface area contributed by atoms with E-state index in [4.69, 9.17) is 0 Å². The lowest BCUT2D eigenvalue weighted by molar-refractivity contribution is 0.165. The quantitative estimate of drug-likeness (QED) is 0.866.